The van der Waals surface area contributed by atoms with Gasteiger partial charge in [-0.2, -0.15) is 13.2 Å². The van der Waals surface area contributed by atoms with Gasteiger partial charge in [0.2, 0.25) is 5.96 Å². The number of nitrogens with one attached hydrogen (secondary N) is 1. The quantitative estimate of drug-likeness (QED) is 0.658. The first-order valence-corrected chi connectivity index (χ1v) is 10.3. The molecule has 0 fully saturated rings. The maximum Gasteiger partial charge on any atom is 0.406 e. The first-order chi connectivity index (χ1) is 15.4. The summed E-state index contributed by atoms with van der Waals surface area (Å²) in [5.74, 6) is 0.112. The standard InChI is InChI=1S/C23H20F3N5O/c24-23(25,26)14-31-21(32)19-20(29-18(28-19)12-16-9-5-2-6-10-16)30-13-17(27-22(30)31)11-15-7-3-1-4-8-15/h1-10,17H,11-14H2,(H,28,29)/t17-/m1/s1. The molecule has 0 radical (unpaired) electrons. The summed E-state index contributed by atoms with van der Waals surface area (Å²) in [6.45, 7) is -1.04. The lowest BCUT2D eigenvalue weighted by Crippen LogP contribution is -2.53. The lowest BCUT2D eigenvalue weighted by atomic mass is 10.1. The van der Waals surface area contributed by atoms with Gasteiger partial charge in [-0.25, -0.2) is 9.98 Å². The zero-order valence-electron chi connectivity index (χ0n) is 17.0. The van der Waals surface area contributed by atoms with Crippen LogP contribution in [0.5, 0.6) is 0 Å². The number of carbonyl (C=O) groups excluding carboxylic acids is 1. The number of alkyl halides is 3. The van der Waals surface area contributed by atoms with Gasteiger partial charge >= 0.3 is 6.18 Å². The van der Waals surface area contributed by atoms with Gasteiger partial charge in [0, 0.05) is 6.42 Å². The van der Waals surface area contributed by atoms with Gasteiger partial charge < -0.3 is 4.98 Å². The van der Waals surface area contributed by atoms with Gasteiger partial charge in [0.15, 0.2) is 5.82 Å². The molecule has 2 aliphatic rings. The van der Waals surface area contributed by atoms with E-state index in [4.69, 9.17) is 0 Å². The third-order valence-electron chi connectivity index (χ3n) is 5.49. The zero-order valence-corrected chi connectivity index (χ0v) is 17.0. The predicted octanol–water partition coefficient (Wildman–Crippen LogP) is 3.81. The van der Waals surface area contributed by atoms with Crippen molar-refractivity contribution in [1.29, 1.82) is 0 Å². The van der Waals surface area contributed by atoms with E-state index in [0.717, 1.165) is 11.1 Å². The molecule has 3 aromatic rings. The molecule has 6 nitrogen and oxygen atoms in total. The third-order valence-corrected chi connectivity index (χ3v) is 5.49. The van der Waals surface area contributed by atoms with Crippen molar-refractivity contribution in [2.45, 2.75) is 25.1 Å². The maximum atomic E-state index is 13.3. The van der Waals surface area contributed by atoms with Crippen LogP contribution in [-0.4, -0.2) is 52.0 Å². The Morgan fingerprint density at radius 3 is 2.31 bits per heavy atom. The molecule has 2 aromatic carbocycles. The molecule has 0 saturated heterocycles. The number of nitrogens with zero attached hydrogens (tertiary/aromatic N) is 4. The highest BCUT2D eigenvalue weighted by molar-refractivity contribution is 6.18. The summed E-state index contributed by atoms with van der Waals surface area (Å²) in [5.41, 5.74) is 2.08. The van der Waals surface area contributed by atoms with E-state index in [1.165, 1.54) is 0 Å². The molecule has 1 N–H and O–H groups in total. The van der Waals surface area contributed by atoms with Crippen LogP contribution >= 0.6 is 0 Å². The minimum absolute atomic E-state index is 0.0125. The van der Waals surface area contributed by atoms with E-state index in [-0.39, 0.29) is 17.7 Å². The van der Waals surface area contributed by atoms with Crippen LogP contribution in [0, 0.1) is 0 Å². The molecule has 3 heterocycles. The second-order valence-electron chi connectivity index (χ2n) is 7.93. The maximum absolute atomic E-state index is 13.3. The van der Waals surface area contributed by atoms with Gasteiger partial charge in [0.1, 0.15) is 18.1 Å². The van der Waals surface area contributed by atoms with E-state index in [0.29, 0.717) is 35.9 Å². The normalized spacial score (nSPS) is 17.9. The third kappa shape index (κ3) is 3.98. The van der Waals surface area contributed by atoms with Gasteiger partial charge in [0.25, 0.3) is 5.91 Å². The summed E-state index contributed by atoms with van der Waals surface area (Å²) in [4.78, 5) is 27.4. The Bertz CT molecular complexity index is 1160. The number of amides is 1. The molecule has 0 aliphatic carbocycles. The van der Waals surface area contributed by atoms with Gasteiger partial charge in [-0.05, 0) is 17.5 Å². The number of halogens is 3. The molecule has 9 heteroatoms. The second kappa shape index (κ2) is 7.81. The van der Waals surface area contributed by atoms with Crippen molar-refractivity contribution >= 4 is 17.7 Å². The fourth-order valence-electron chi connectivity index (χ4n) is 4.14. The van der Waals surface area contributed by atoms with Crippen LogP contribution in [0.3, 0.4) is 0 Å². The van der Waals surface area contributed by atoms with Crippen molar-refractivity contribution in [2.24, 2.45) is 4.99 Å². The Labute approximate surface area is 182 Å². The summed E-state index contributed by atoms with van der Waals surface area (Å²) in [6.07, 6.45) is -3.55. The molecule has 0 saturated carbocycles. The first kappa shape index (κ1) is 20.3. The fourth-order valence-corrected chi connectivity index (χ4v) is 4.14. The molecule has 32 heavy (non-hydrogen) atoms. The average molecular weight is 439 g/mol. The Kier molecular flexibility index (Phi) is 4.96. The Hall–Kier alpha value is -3.62. The summed E-state index contributed by atoms with van der Waals surface area (Å²) < 4.78 is 39.9. The lowest BCUT2D eigenvalue weighted by Gasteiger charge is -2.33. The van der Waals surface area contributed by atoms with Crippen LogP contribution in [0.1, 0.15) is 27.4 Å². The van der Waals surface area contributed by atoms with Crippen LogP contribution in [0.2, 0.25) is 0 Å². The van der Waals surface area contributed by atoms with E-state index in [9.17, 15) is 18.0 Å². The molecule has 0 spiro atoms. The molecule has 0 bridgehead atoms. The summed E-state index contributed by atoms with van der Waals surface area (Å²) in [5, 5.41) is 0. The number of aliphatic imine (C=N–C) groups is 1. The van der Waals surface area contributed by atoms with Crippen LogP contribution in [-0.2, 0) is 12.8 Å². The Morgan fingerprint density at radius 2 is 1.66 bits per heavy atom. The monoisotopic (exact) mass is 439 g/mol. The summed E-state index contributed by atoms with van der Waals surface area (Å²) in [7, 11) is 0. The molecule has 1 atom stereocenters. The number of hydrogen-bond acceptors (Lipinski definition) is 4. The molecule has 164 valence electrons. The number of anilines is 1. The second-order valence-corrected chi connectivity index (χ2v) is 7.93. The van der Waals surface area contributed by atoms with Crippen molar-refractivity contribution in [3.05, 3.63) is 83.3 Å². The molecule has 1 amide bonds. The molecule has 0 unspecified atom stereocenters. The SMILES string of the molecule is O=C1c2[nH]c(Cc3ccccc3)nc2N2C[C@@H](Cc3ccccc3)N=C2N1CC(F)(F)F. The van der Waals surface area contributed by atoms with Crippen molar-refractivity contribution in [3.8, 4) is 0 Å². The number of benzene rings is 2. The van der Waals surface area contributed by atoms with Gasteiger partial charge in [-0.1, -0.05) is 60.7 Å². The highest BCUT2D eigenvalue weighted by atomic mass is 19.4. The molecule has 1 aromatic heterocycles. The van der Waals surface area contributed by atoms with E-state index in [1.807, 2.05) is 60.7 Å². The van der Waals surface area contributed by atoms with Crippen LogP contribution in [0.4, 0.5) is 19.0 Å². The number of hydrogen-bond donors (Lipinski definition) is 1. The highest BCUT2D eigenvalue weighted by Gasteiger charge is 2.46. The number of imidazole rings is 1. The van der Waals surface area contributed by atoms with E-state index in [1.54, 1.807) is 4.90 Å². The van der Waals surface area contributed by atoms with Gasteiger partial charge in [0.05, 0.1) is 12.6 Å². The summed E-state index contributed by atoms with van der Waals surface area (Å²) >= 11 is 0. The highest BCUT2D eigenvalue weighted by Crippen LogP contribution is 2.33. The van der Waals surface area contributed by atoms with Crippen molar-refractivity contribution in [3.63, 3.8) is 0 Å². The zero-order chi connectivity index (χ0) is 22.3. The summed E-state index contributed by atoms with van der Waals surface area (Å²) in [6, 6.07) is 18.9. The topological polar surface area (TPSA) is 64.6 Å². The Balaban J connectivity index is 1.48. The fraction of sp³-hybridized carbons (Fsp3) is 0.261. The minimum atomic E-state index is -4.55. The van der Waals surface area contributed by atoms with E-state index < -0.39 is 18.6 Å². The average Bonchev–Trinajstić information content (AvgIpc) is 3.36. The van der Waals surface area contributed by atoms with Crippen LogP contribution in [0.15, 0.2) is 65.7 Å². The van der Waals surface area contributed by atoms with Crippen LogP contribution in [0.25, 0.3) is 0 Å². The molecule has 5 rings (SSSR count). The van der Waals surface area contributed by atoms with Crippen LogP contribution < -0.4 is 4.90 Å². The Morgan fingerprint density at radius 1 is 1.00 bits per heavy atom. The largest absolute Gasteiger partial charge is 0.406 e. The number of aromatic nitrogens is 2. The number of fused-ring (bicyclic) bond motifs is 3. The molecular weight excluding hydrogens is 419 g/mol. The number of rotatable bonds is 5. The van der Waals surface area contributed by atoms with E-state index >= 15 is 0 Å². The number of guanidine groups is 1. The van der Waals surface area contributed by atoms with Gasteiger partial charge in [-0.3, -0.25) is 14.6 Å². The number of H-pyrrole nitrogens is 1. The van der Waals surface area contributed by atoms with Crippen molar-refractivity contribution in [2.75, 3.05) is 18.0 Å². The smallest absolute Gasteiger partial charge is 0.336 e. The van der Waals surface area contributed by atoms with Crippen molar-refractivity contribution < 1.29 is 18.0 Å². The van der Waals surface area contributed by atoms with Gasteiger partial charge in [-0.15, -0.1) is 0 Å². The minimum Gasteiger partial charge on any atom is -0.336 e. The lowest BCUT2D eigenvalue weighted by molar-refractivity contribution is -0.134. The molecular formula is C23H20F3N5O. The molecule has 2 aliphatic heterocycles. The number of aromatic amines is 1. The number of carbonyl (C=O) groups is 1. The predicted molar refractivity (Wildman–Crippen MR) is 114 cm³/mol. The first-order valence-electron chi connectivity index (χ1n) is 10.3. The van der Waals surface area contributed by atoms with E-state index in [2.05, 4.69) is 15.0 Å². The van der Waals surface area contributed by atoms with Crippen molar-refractivity contribution in [1.82, 2.24) is 14.9 Å².